The summed E-state index contributed by atoms with van der Waals surface area (Å²) in [5, 5.41) is 19.4. The van der Waals surface area contributed by atoms with Crippen LogP contribution >= 0.6 is 0 Å². The molecule has 0 saturated carbocycles. The molecule has 110 valence electrons. The number of hydrogen-bond donors (Lipinski definition) is 2. The van der Waals surface area contributed by atoms with Crippen LogP contribution in [-0.4, -0.2) is 35.8 Å². The second-order valence-corrected chi connectivity index (χ2v) is 5.56. The van der Waals surface area contributed by atoms with Crippen LogP contribution < -0.4 is 4.74 Å². The van der Waals surface area contributed by atoms with Gasteiger partial charge in [0.1, 0.15) is 5.75 Å². The van der Waals surface area contributed by atoms with E-state index in [9.17, 15) is 10.2 Å². The van der Waals surface area contributed by atoms with Gasteiger partial charge in [-0.05, 0) is 48.0 Å². The summed E-state index contributed by atoms with van der Waals surface area (Å²) in [6, 6.07) is 11.0. The van der Waals surface area contributed by atoms with Crippen LogP contribution in [0.15, 0.2) is 36.4 Å². The van der Waals surface area contributed by atoms with Crippen LogP contribution in [-0.2, 0) is 6.54 Å². The van der Waals surface area contributed by atoms with Gasteiger partial charge in [0, 0.05) is 19.0 Å². The summed E-state index contributed by atoms with van der Waals surface area (Å²) >= 11 is 0. The average molecular weight is 285 g/mol. The standard InChI is InChI=1S/C17H19NO3/c1-18-9-12-7-16(20)17(21-2)8-14(12)15(10-18)11-3-5-13(19)6-4-11/h3-8,15,19-20H,9-10H2,1-2H3. The summed E-state index contributed by atoms with van der Waals surface area (Å²) in [5.41, 5.74) is 3.43. The van der Waals surface area contributed by atoms with Crippen molar-refractivity contribution in [2.75, 3.05) is 20.7 Å². The zero-order chi connectivity index (χ0) is 15.0. The predicted molar refractivity (Wildman–Crippen MR) is 80.9 cm³/mol. The lowest BCUT2D eigenvalue weighted by Gasteiger charge is -2.33. The van der Waals surface area contributed by atoms with Crippen molar-refractivity contribution in [3.8, 4) is 17.2 Å². The topological polar surface area (TPSA) is 52.9 Å². The summed E-state index contributed by atoms with van der Waals surface area (Å²) in [6.07, 6.45) is 0. The molecule has 0 spiro atoms. The van der Waals surface area contributed by atoms with Crippen molar-refractivity contribution in [3.05, 3.63) is 53.1 Å². The van der Waals surface area contributed by atoms with E-state index >= 15 is 0 Å². The Kier molecular flexibility index (Phi) is 3.47. The molecule has 4 nitrogen and oxygen atoms in total. The van der Waals surface area contributed by atoms with Crippen LogP contribution in [0.25, 0.3) is 0 Å². The highest BCUT2D eigenvalue weighted by molar-refractivity contribution is 5.51. The van der Waals surface area contributed by atoms with E-state index in [1.807, 2.05) is 18.2 Å². The molecule has 0 radical (unpaired) electrons. The molecule has 4 heteroatoms. The van der Waals surface area contributed by atoms with Gasteiger partial charge in [0.15, 0.2) is 11.5 Å². The maximum atomic E-state index is 9.97. The molecule has 1 aliphatic rings. The van der Waals surface area contributed by atoms with Gasteiger partial charge < -0.3 is 19.8 Å². The van der Waals surface area contributed by atoms with Crippen LogP contribution in [0.5, 0.6) is 17.2 Å². The minimum Gasteiger partial charge on any atom is -0.508 e. The van der Waals surface area contributed by atoms with Crippen molar-refractivity contribution in [2.45, 2.75) is 12.5 Å². The molecular weight excluding hydrogens is 266 g/mol. The Morgan fingerprint density at radius 3 is 2.52 bits per heavy atom. The van der Waals surface area contributed by atoms with Crippen molar-refractivity contribution >= 4 is 0 Å². The molecular formula is C17H19NO3. The predicted octanol–water partition coefficient (Wildman–Crippen LogP) is 2.68. The van der Waals surface area contributed by atoms with Crippen LogP contribution in [0.4, 0.5) is 0 Å². The molecule has 2 aromatic rings. The molecule has 1 atom stereocenters. The number of likely N-dealkylation sites (N-methyl/N-ethyl adjacent to an activating group) is 1. The highest BCUT2D eigenvalue weighted by Gasteiger charge is 2.26. The number of methoxy groups -OCH3 is 1. The van der Waals surface area contributed by atoms with Gasteiger partial charge in [-0.15, -0.1) is 0 Å². The zero-order valence-corrected chi connectivity index (χ0v) is 12.2. The van der Waals surface area contributed by atoms with Crippen molar-refractivity contribution in [3.63, 3.8) is 0 Å². The SMILES string of the molecule is COc1cc2c(cc1O)CN(C)CC2c1ccc(O)cc1. The van der Waals surface area contributed by atoms with E-state index in [0.29, 0.717) is 5.75 Å². The molecule has 0 bridgehead atoms. The fourth-order valence-corrected chi connectivity index (χ4v) is 3.01. The van der Waals surface area contributed by atoms with E-state index in [-0.39, 0.29) is 17.4 Å². The third-order valence-corrected chi connectivity index (χ3v) is 4.05. The quantitative estimate of drug-likeness (QED) is 0.890. The average Bonchev–Trinajstić information content (AvgIpc) is 2.46. The number of fused-ring (bicyclic) bond motifs is 1. The van der Waals surface area contributed by atoms with Crippen molar-refractivity contribution < 1.29 is 14.9 Å². The van der Waals surface area contributed by atoms with Gasteiger partial charge in [0.25, 0.3) is 0 Å². The molecule has 3 rings (SSSR count). The number of phenolic OH excluding ortho intramolecular Hbond substituents is 2. The lowest BCUT2D eigenvalue weighted by Crippen LogP contribution is -2.31. The molecule has 2 N–H and O–H groups in total. The molecule has 1 heterocycles. The fraction of sp³-hybridized carbons (Fsp3) is 0.294. The van der Waals surface area contributed by atoms with Crippen molar-refractivity contribution in [1.82, 2.24) is 4.90 Å². The molecule has 0 saturated heterocycles. The third kappa shape index (κ3) is 2.54. The first-order valence-electron chi connectivity index (χ1n) is 6.95. The monoisotopic (exact) mass is 285 g/mol. The van der Waals surface area contributed by atoms with Crippen molar-refractivity contribution in [2.24, 2.45) is 0 Å². The van der Waals surface area contributed by atoms with Gasteiger partial charge >= 0.3 is 0 Å². The number of phenols is 2. The zero-order valence-electron chi connectivity index (χ0n) is 12.2. The van der Waals surface area contributed by atoms with E-state index in [2.05, 4.69) is 11.9 Å². The third-order valence-electron chi connectivity index (χ3n) is 4.05. The van der Waals surface area contributed by atoms with Crippen molar-refractivity contribution in [1.29, 1.82) is 0 Å². The van der Waals surface area contributed by atoms with E-state index in [4.69, 9.17) is 4.74 Å². The summed E-state index contributed by atoms with van der Waals surface area (Å²) in [7, 11) is 3.63. The number of benzene rings is 2. The number of hydrogen-bond acceptors (Lipinski definition) is 4. The van der Waals surface area contributed by atoms with Crippen LogP contribution in [0.1, 0.15) is 22.6 Å². The molecule has 21 heavy (non-hydrogen) atoms. The molecule has 1 aliphatic heterocycles. The summed E-state index contributed by atoms with van der Waals surface area (Å²) in [5.74, 6) is 1.15. The summed E-state index contributed by atoms with van der Waals surface area (Å²) in [6.45, 7) is 1.70. The summed E-state index contributed by atoms with van der Waals surface area (Å²) < 4.78 is 5.24. The maximum Gasteiger partial charge on any atom is 0.160 e. The first-order chi connectivity index (χ1) is 10.1. The van der Waals surface area contributed by atoms with Gasteiger partial charge in [-0.2, -0.15) is 0 Å². The normalized spacial score (nSPS) is 18.3. The highest BCUT2D eigenvalue weighted by Crippen LogP contribution is 2.39. The number of rotatable bonds is 2. The molecule has 0 fully saturated rings. The minimum absolute atomic E-state index is 0.177. The Balaban J connectivity index is 2.09. The smallest absolute Gasteiger partial charge is 0.160 e. The van der Waals surface area contributed by atoms with Gasteiger partial charge in [-0.1, -0.05) is 12.1 Å². The van der Waals surface area contributed by atoms with Gasteiger partial charge in [0.2, 0.25) is 0 Å². The molecule has 0 amide bonds. The van der Waals surface area contributed by atoms with Gasteiger partial charge in [-0.3, -0.25) is 0 Å². The number of nitrogens with zero attached hydrogens (tertiary/aromatic N) is 1. The molecule has 1 unspecified atom stereocenters. The largest absolute Gasteiger partial charge is 0.508 e. The number of aromatic hydroxyl groups is 2. The Morgan fingerprint density at radius 2 is 1.86 bits per heavy atom. The number of ether oxygens (including phenoxy) is 1. The fourth-order valence-electron chi connectivity index (χ4n) is 3.01. The minimum atomic E-state index is 0.177. The molecule has 0 aliphatic carbocycles. The van der Waals surface area contributed by atoms with E-state index in [0.717, 1.165) is 24.2 Å². The van der Waals surface area contributed by atoms with Crippen LogP contribution in [0, 0.1) is 0 Å². The van der Waals surface area contributed by atoms with Crippen LogP contribution in [0.3, 0.4) is 0 Å². The first-order valence-corrected chi connectivity index (χ1v) is 6.95. The van der Waals surface area contributed by atoms with Gasteiger partial charge in [0.05, 0.1) is 7.11 Å². The Labute approximate surface area is 124 Å². The lowest BCUT2D eigenvalue weighted by atomic mass is 9.84. The highest BCUT2D eigenvalue weighted by atomic mass is 16.5. The second kappa shape index (κ2) is 5.30. The molecule has 0 aromatic heterocycles. The van der Waals surface area contributed by atoms with E-state index in [1.165, 1.54) is 5.56 Å². The second-order valence-electron chi connectivity index (χ2n) is 5.56. The Hall–Kier alpha value is -2.20. The molecule has 2 aromatic carbocycles. The Morgan fingerprint density at radius 1 is 1.14 bits per heavy atom. The lowest BCUT2D eigenvalue weighted by molar-refractivity contribution is 0.292. The van der Waals surface area contributed by atoms with E-state index in [1.54, 1.807) is 25.3 Å². The maximum absolute atomic E-state index is 9.97. The van der Waals surface area contributed by atoms with Gasteiger partial charge in [-0.25, -0.2) is 0 Å². The Bertz CT molecular complexity index is 652. The van der Waals surface area contributed by atoms with E-state index < -0.39 is 0 Å². The summed E-state index contributed by atoms with van der Waals surface area (Å²) in [4.78, 5) is 2.23. The first kappa shape index (κ1) is 13.8. The van der Waals surface area contributed by atoms with Crippen LogP contribution in [0.2, 0.25) is 0 Å².